The Morgan fingerprint density at radius 3 is 1.70 bits per heavy atom. The highest BCUT2D eigenvalue weighted by molar-refractivity contribution is 5.90. The molecule has 0 radical (unpaired) electrons. The van der Waals surface area contributed by atoms with Crippen LogP contribution in [0.1, 0.15) is 24.5 Å². The van der Waals surface area contributed by atoms with Gasteiger partial charge in [-0.2, -0.15) is 0 Å². The number of hydrogen-bond donors (Lipinski definition) is 1. The van der Waals surface area contributed by atoms with Gasteiger partial charge in [0.05, 0.1) is 5.41 Å². The van der Waals surface area contributed by atoms with E-state index in [1.165, 1.54) is 0 Å². The fraction of sp³-hybridized carbons (Fsp3) is 0.167. The maximum atomic E-state index is 11.6. The molecule has 2 rings (SSSR count). The van der Waals surface area contributed by atoms with E-state index in [9.17, 15) is 9.90 Å². The monoisotopic (exact) mass is 266 g/mol. The van der Waals surface area contributed by atoms with Crippen LogP contribution in [0.15, 0.2) is 72.8 Å². The highest BCUT2D eigenvalue weighted by Crippen LogP contribution is 2.41. The minimum Gasteiger partial charge on any atom is -0.478 e. The summed E-state index contributed by atoms with van der Waals surface area (Å²) in [6, 6.07) is 19.4. The number of carboxylic acid groups (broad SMARTS) is 1. The number of carbonyl (C=O) groups is 1. The molecule has 2 aromatic rings. The van der Waals surface area contributed by atoms with Gasteiger partial charge in [0.25, 0.3) is 0 Å². The van der Waals surface area contributed by atoms with Gasteiger partial charge < -0.3 is 5.11 Å². The van der Waals surface area contributed by atoms with Crippen molar-refractivity contribution >= 4 is 5.97 Å². The number of aliphatic carboxylic acids is 1. The van der Waals surface area contributed by atoms with E-state index in [0.29, 0.717) is 6.42 Å². The van der Waals surface area contributed by atoms with E-state index in [-0.39, 0.29) is 5.57 Å². The molecule has 20 heavy (non-hydrogen) atoms. The first kappa shape index (κ1) is 14.1. The van der Waals surface area contributed by atoms with Gasteiger partial charge in [-0.25, -0.2) is 4.79 Å². The Bertz CT molecular complexity index is 560. The third kappa shape index (κ3) is 2.25. The predicted octanol–water partition coefficient (Wildman–Crippen LogP) is 4.02. The lowest BCUT2D eigenvalue weighted by atomic mass is 9.67. The van der Waals surface area contributed by atoms with Crippen LogP contribution >= 0.6 is 0 Å². The molecule has 0 heterocycles. The van der Waals surface area contributed by atoms with Crippen molar-refractivity contribution in [1.29, 1.82) is 0 Å². The lowest BCUT2D eigenvalue weighted by Crippen LogP contribution is -2.32. The van der Waals surface area contributed by atoms with Crippen LogP contribution in [0.5, 0.6) is 0 Å². The first-order valence-corrected chi connectivity index (χ1v) is 6.66. The second-order valence-corrected chi connectivity index (χ2v) is 4.77. The third-order valence-corrected chi connectivity index (χ3v) is 3.84. The molecule has 2 heteroatoms. The molecular formula is C18H18O2. The summed E-state index contributed by atoms with van der Waals surface area (Å²) < 4.78 is 0. The summed E-state index contributed by atoms with van der Waals surface area (Å²) in [5, 5.41) is 9.47. The molecule has 0 aliphatic carbocycles. The fourth-order valence-electron chi connectivity index (χ4n) is 2.76. The molecule has 2 nitrogen and oxygen atoms in total. The summed E-state index contributed by atoms with van der Waals surface area (Å²) in [5.74, 6) is -0.959. The molecule has 0 fully saturated rings. The van der Waals surface area contributed by atoms with E-state index < -0.39 is 11.4 Å². The molecule has 0 saturated heterocycles. The summed E-state index contributed by atoms with van der Waals surface area (Å²) in [4.78, 5) is 11.6. The van der Waals surface area contributed by atoms with E-state index in [0.717, 1.165) is 11.1 Å². The normalized spacial score (nSPS) is 11.1. The zero-order valence-electron chi connectivity index (χ0n) is 11.5. The van der Waals surface area contributed by atoms with Gasteiger partial charge in [-0.05, 0) is 17.5 Å². The predicted molar refractivity (Wildman–Crippen MR) is 80.7 cm³/mol. The van der Waals surface area contributed by atoms with Crippen LogP contribution in [-0.2, 0) is 10.2 Å². The first-order valence-electron chi connectivity index (χ1n) is 6.66. The Morgan fingerprint density at radius 2 is 1.40 bits per heavy atom. The van der Waals surface area contributed by atoms with Gasteiger partial charge >= 0.3 is 5.97 Å². The maximum Gasteiger partial charge on any atom is 0.332 e. The van der Waals surface area contributed by atoms with E-state index >= 15 is 0 Å². The van der Waals surface area contributed by atoms with Crippen molar-refractivity contribution in [2.45, 2.75) is 18.8 Å². The van der Waals surface area contributed by atoms with Crippen molar-refractivity contribution in [3.63, 3.8) is 0 Å². The van der Waals surface area contributed by atoms with Gasteiger partial charge in [-0.15, -0.1) is 0 Å². The van der Waals surface area contributed by atoms with Gasteiger partial charge in [0.2, 0.25) is 0 Å². The van der Waals surface area contributed by atoms with E-state index in [1.54, 1.807) is 0 Å². The van der Waals surface area contributed by atoms with Crippen molar-refractivity contribution in [1.82, 2.24) is 0 Å². The standard InChI is InChI=1S/C18H18O2/c1-3-18(14(2)17(19)20,15-10-6-4-7-11-15)16-12-8-5-9-13-16/h4-13H,2-3H2,1H3,(H,19,20). The zero-order valence-corrected chi connectivity index (χ0v) is 11.5. The molecule has 102 valence electrons. The topological polar surface area (TPSA) is 37.3 Å². The maximum absolute atomic E-state index is 11.6. The minimum absolute atomic E-state index is 0.206. The minimum atomic E-state index is -0.959. The Labute approximate surface area is 119 Å². The molecule has 1 N–H and O–H groups in total. The highest BCUT2D eigenvalue weighted by Gasteiger charge is 2.38. The van der Waals surface area contributed by atoms with Gasteiger partial charge in [0, 0.05) is 5.57 Å². The SMILES string of the molecule is C=C(C(=O)O)C(CC)(c1ccccc1)c1ccccc1. The Morgan fingerprint density at radius 1 is 1.00 bits per heavy atom. The Kier molecular flexibility index (Phi) is 4.04. The molecular weight excluding hydrogens is 248 g/mol. The van der Waals surface area contributed by atoms with Crippen LogP contribution in [-0.4, -0.2) is 11.1 Å². The van der Waals surface area contributed by atoms with Crippen LogP contribution in [0.4, 0.5) is 0 Å². The van der Waals surface area contributed by atoms with Crippen LogP contribution < -0.4 is 0 Å². The molecule has 0 aliphatic rings. The fourth-order valence-corrected chi connectivity index (χ4v) is 2.76. The largest absolute Gasteiger partial charge is 0.478 e. The molecule has 0 saturated carbocycles. The quantitative estimate of drug-likeness (QED) is 0.830. The highest BCUT2D eigenvalue weighted by atomic mass is 16.4. The summed E-state index contributed by atoms with van der Waals surface area (Å²) in [6.07, 6.45) is 0.645. The summed E-state index contributed by atoms with van der Waals surface area (Å²) >= 11 is 0. The number of hydrogen-bond acceptors (Lipinski definition) is 1. The molecule has 2 aromatic carbocycles. The molecule has 0 aromatic heterocycles. The van der Waals surface area contributed by atoms with Gasteiger partial charge in [-0.3, -0.25) is 0 Å². The van der Waals surface area contributed by atoms with E-state index in [2.05, 4.69) is 6.58 Å². The van der Waals surface area contributed by atoms with Crippen LogP contribution in [0.2, 0.25) is 0 Å². The lowest BCUT2D eigenvalue weighted by Gasteiger charge is -2.34. The average molecular weight is 266 g/mol. The zero-order chi connectivity index (χ0) is 14.6. The van der Waals surface area contributed by atoms with Crippen molar-refractivity contribution in [2.75, 3.05) is 0 Å². The Hall–Kier alpha value is -2.35. The smallest absolute Gasteiger partial charge is 0.332 e. The van der Waals surface area contributed by atoms with E-state index in [1.807, 2.05) is 67.6 Å². The number of carboxylic acids is 1. The van der Waals surface area contributed by atoms with Crippen molar-refractivity contribution < 1.29 is 9.90 Å². The number of benzene rings is 2. The van der Waals surface area contributed by atoms with Gasteiger partial charge in [0.1, 0.15) is 0 Å². The van der Waals surface area contributed by atoms with Crippen molar-refractivity contribution in [3.05, 3.63) is 83.9 Å². The van der Waals surface area contributed by atoms with Gasteiger partial charge in [-0.1, -0.05) is 74.2 Å². The van der Waals surface area contributed by atoms with E-state index in [4.69, 9.17) is 0 Å². The Balaban J connectivity index is 2.71. The second-order valence-electron chi connectivity index (χ2n) is 4.77. The summed E-state index contributed by atoms with van der Waals surface area (Å²) in [7, 11) is 0. The summed E-state index contributed by atoms with van der Waals surface area (Å²) in [6.45, 7) is 5.84. The van der Waals surface area contributed by atoms with Crippen LogP contribution in [0.25, 0.3) is 0 Å². The van der Waals surface area contributed by atoms with Crippen molar-refractivity contribution in [3.8, 4) is 0 Å². The first-order chi connectivity index (χ1) is 9.63. The van der Waals surface area contributed by atoms with Crippen LogP contribution in [0, 0.1) is 0 Å². The van der Waals surface area contributed by atoms with Crippen molar-refractivity contribution in [2.24, 2.45) is 0 Å². The molecule has 0 aliphatic heterocycles. The molecule has 0 atom stereocenters. The molecule has 0 bridgehead atoms. The second kappa shape index (κ2) is 5.74. The molecule has 0 amide bonds. The average Bonchev–Trinajstić information content (AvgIpc) is 2.50. The molecule has 0 spiro atoms. The third-order valence-electron chi connectivity index (χ3n) is 3.84. The number of rotatable bonds is 5. The lowest BCUT2D eigenvalue weighted by molar-refractivity contribution is -0.133. The summed E-state index contributed by atoms with van der Waals surface area (Å²) in [5.41, 5.74) is 1.44. The molecule has 0 unspecified atom stereocenters. The van der Waals surface area contributed by atoms with Crippen LogP contribution in [0.3, 0.4) is 0 Å². The van der Waals surface area contributed by atoms with Gasteiger partial charge in [0.15, 0.2) is 0 Å².